The molecule has 0 fully saturated rings. The van der Waals surface area contributed by atoms with Gasteiger partial charge in [0.05, 0.1) is 29.0 Å². The number of hydrogen-bond acceptors (Lipinski definition) is 7. The van der Waals surface area contributed by atoms with E-state index in [0.717, 1.165) is 5.56 Å². The van der Waals surface area contributed by atoms with Crippen molar-refractivity contribution in [2.45, 2.75) is 39.0 Å². The lowest BCUT2D eigenvalue weighted by Gasteiger charge is -2.31. The largest absolute Gasteiger partial charge is 0.477 e. The van der Waals surface area contributed by atoms with Crippen LogP contribution in [0.1, 0.15) is 42.5 Å². The summed E-state index contributed by atoms with van der Waals surface area (Å²) in [6, 6.07) is 8.63. The van der Waals surface area contributed by atoms with Gasteiger partial charge in [0.15, 0.2) is 5.60 Å². The van der Waals surface area contributed by atoms with Crippen LogP contribution in [0.2, 0.25) is 0 Å². The van der Waals surface area contributed by atoms with Gasteiger partial charge in [0, 0.05) is 23.4 Å². The minimum Gasteiger partial charge on any atom is -0.477 e. The van der Waals surface area contributed by atoms with E-state index in [1.165, 1.54) is 17.6 Å². The number of carboxylic acid groups (broad SMARTS) is 1. The summed E-state index contributed by atoms with van der Waals surface area (Å²) in [5.74, 6) is -2.58. The summed E-state index contributed by atoms with van der Waals surface area (Å²) in [5, 5.41) is 23.4. The van der Waals surface area contributed by atoms with Crippen LogP contribution in [0.4, 0.5) is 0 Å². The van der Waals surface area contributed by atoms with Crippen LogP contribution in [0.25, 0.3) is 28.4 Å². The Hall–Kier alpha value is -4.31. The fourth-order valence-electron chi connectivity index (χ4n) is 4.65. The highest BCUT2D eigenvalue weighted by Crippen LogP contribution is 2.39. The smallest absolute Gasteiger partial charge is 0.352 e. The zero-order chi connectivity index (χ0) is 25.1. The number of carboxylic acids is 1. The Morgan fingerprint density at radius 1 is 1.29 bits per heavy atom. The number of carbonyl (C=O) groups is 3. The first-order chi connectivity index (χ1) is 16.6. The third kappa shape index (κ3) is 3.41. The molecular formula is C25H21N3O7. The predicted molar refractivity (Wildman–Crippen MR) is 124 cm³/mol. The third-order valence-electron chi connectivity index (χ3n) is 6.43. The summed E-state index contributed by atoms with van der Waals surface area (Å²) >= 11 is 0. The van der Waals surface area contributed by atoms with Crippen molar-refractivity contribution < 1.29 is 29.3 Å². The van der Waals surface area contributed by atoms with Crippen LogP contribution in [0, 0.1) is 0 Å². The van der Waals surface area contributed by atoms with E-state index >= 15 is 0 Å². The first-order valence-electron chi connectivity index (χ1n) is 11.0. The van der Waals surface area contributed by atoms with Gasteiger partial charge < -0.3 is 24.8 Å². The van der Waals surface area contributed by atoms with E-state index in [9.17, 15) is 29.4 Å². The summed E-state index contributed by atoms with van der Waals surface area (Å²) in [6.45, 7) is 2.87. The lowest BCUT2D eigenvalue weighted by Crippen LogP contribution is -2.44. The molecule has 178 valence electrons. The number of pyridine rings is 2. The average Bonchev–Trinajstić information content (AvgIpc) is 3.18. The molecule has 3 N–H and O–H groups in total. The summed E-state index contributed by atoms with van der Waals surface area (Å²) in [5.41, 5.74) is 0.756. The normalized spacial score (nSPS) is 18.5. The number of aliphatic carboxylic acids is 1. The number of cyclic esters (lactones) is 1. The van der Waals surface area contributed by atoms with Crippen molar-refractivity contribution in [1.82, 2.24) is 14.9 Å². The Kier molecular flexibility index (Phi) is 5.06. The van der Waals surface area contributed by atoms with Gasteiger partial charge in [0.1, 0.15) is 12.3 Å². The lowest BCUT2D eigenvalue weighted by atomic mass is 9.86. The van der Waals surface area contributed by atoms with Gasteiger partial charge >= 0.3 is 11.9 Å². The molecule has 4 heterocycles. The van der Waals surface area contributed by atoms with E-state index in [4.69, 9.17) is 9.72 Å². The summed E-state index contributed by atoms with van der Waals surface area (Å²) < 4.78 is 6.62. The van der Waals surface area contributed by atoms with E-state index in [0.29, 0.717) is 27.9 Å². The Morgan fingerprint density at radius 2 is 2.06 bits per heavy atom. The van der Waals surface area contributed by atoms with Crippen molar-refractivity contribution in [1.29, 1.82) is 0 Å². The fourth-order valence-corrected chi connectivity index (χ4v) is 4.65. The summed E-state index contributed by atoms with van der Waals surface area (Å²) in [4.78, 5) is 53.3. The van der Waals surface area contributed by atoms with Gasteiger partial charge in [-0.05, 0) is 36.3 Å². The SMILES string of the molecule is CC[C@@]1(O)C(=O)OCc2c1cc1n(c2=O)Cc2cc3c(/C=C(\NC(C)=O)C(=O)O)cccc3nc2-1. The number of benzene rings is 1. The molecule has 2 aromatic heterocycles. The number of nitrogens with one attached hydrogen (secondary N) is 1. The maximum atomic E-state index is 13.3. The van der Waals surface area contributed by atoms with Gasteiger partial charge in [-0.15, -0.1) is 0 Å². The minimum atomic E-state index is -1.91. The molecule has 0 spiro atoms. The zero-order valence-electron chi connectivity index (χ0n) is 18.9. The number of nitrogens with zero attached hydrogens (tertiary/aromatic N) is 2. The molecule has 10 nitrogen and oxygen atoms in total. The zero-order valence-corrected chi connectivity index (χ0v) is 18.9. The monoisotopic (exact) mass is 475 g/mol. The highest BCUT2D eigenvalue weighted by Gasteiger charge is 2.45. The second-order valence-electron chi connectivity index (χ2n) is 8.56. The number of carbonyl (C=O) groups excluding carboxylic acids is 2. The molecule has 0 radical (unpaired) electrons. The van der Waals surface area contributed by atoms with Crippen molar-refractivity contribution in [3.8, 4) is 11.4 Å². The molecule has 0 bridgehead atoms. The van der Waals surface area contributed by atoms with Crippen LogP contribution >= 0.6 is 0 Å². The van der Waals surface area contributed by atoms with Crippen LogP contribution < -0.4 is 10.9 Å². The molecule has 1 atom stereocenters. The fraction of sp³-hybridized carbons (Fsp3) is 0.240. The van der Waals surface area contributed by atoms with E-state index in [2.05, 4.69) is 5.32 Å². The molecule has 5 rings (SSSR count). The quantitative estimate of drug-likeness (QED) is 0.298. The molecule has 1 amide bonds. The predicted octanol–water partition coefficient (Wildman–Crippen LogP) is 1.64. The number of esters is 1. The molecule has 10 heteroatoms. The number of fused-ring (bicyclic) bond motifs is 5. The van der Waals surface area contributed by atoms with E-state index < -0.39 is 23.4 Å². The Labute approximate surface area is 198 Å². The van der Waals surface area contributed by atoms with Crippen molar-refractivity contribution in [2.75, 3.05) is 0 Å². The first kappa shape index (κ1) is 22.5. The van der Waals surface area contributed by atoms with Crippen molar-refractivity contribution in [3.05, 3.63) is 68.6 Å². The van der Waals surface area contributed by atoms with Crippen LogP contribution in [0.5, 0.6) is 0 Å². The number of amides is 1. The molecule has 0 saturated carbocycles. The molecule has 3 aromatic rings. The molecule has 1 aromatic carbocycles. The number of aromatic nitrogens is 2. The van der Waals surface area contributed by atoms with Gasteiger partial charge in [0.25, 0.3) is 5.56 Å². The van der Waals surface area contributed by atoms with Crippen molar-refractivity contribution in [3.63, 3.8) is 0 Å². The second-order valence-corrected chi connectivity index (χ2v) is 8.56. The standard InChI is InChI=1S/C25H21N3O7/c1-3-25(34)17-9-20-21-14(10-28(20)22(30)16(17)11-35-24(25)33)7-15-13(5-4-6-18(15)27-21)8-19(23(31)32)26-12(2)29/h4-9,34H,3,10-11H2,1-2H3,(H,26,29)(H,31,32)/b19-8-/t25-/m0/s1. The van der Waals surface area contributed by atoms with E-state index in [1.54, 1.807) is 31.2 Å². The number of aliphatic hydroxyl groups is 1. The summed E-state index contributed by atoms with van der Waals surface area (Å²) in [6.07, 6.45) is 1.41. The topological polar surface area (TPSA) is 148 Å². The van der Waals surface area contributed by atoms with Gasteiger partial charge in [0.2, 0.25) is 5.91 Å². The van der Waals surface area contributed by atoms with Crippen molar-refractivity contribution in [2.24, 2.45) is 0 Å². The van der Waals surface area contributed by atoms with Gasteiger partial charge in [-0.3, -0.25) is 9.59 Å². The Bertz CT molecular complexity index is 1550. The number of rotatable bonds is 4. The van der Waals surface area contributed by atoms with Crippen LogP contribution in [0.3, 0.4) is 0 Å². The molecular weight excluding hydrogens is 454 g/mol. The van der Waals surface area contributed by atoms with Crippen molar-refractivity contribution >= 4 is 34.8 Å². The summed E-state index contributed by atoms with van der Waals surface area (Å²) in [7, 11) is 0. The van der Waals surface area contributed by atoms with Gasteiger partial charge in [-0.1, -0.05) is 19.1 Å². The second kappa shape index (κ2) is 7.88. The maximum absolute atomic E-state index is 13.3. The van der Waals surface area contributed by atoms with E-state index in [-0.39, 0.29) is 42.0 Å². The molecule has 2 aliphatic heterocycles. The number of hydrogen-bond donors (Lipinski definition) is 3. The third-order valence-corrected chi connectivity index (χ3v) is 6.43. The molecule has 0 saturated heterocycles. The maximum Gasteiger partial charge on any atom is 0.352 e. The molecule has 35 heavy (non-hydrogen) atoms. The number of ether oxygens (including phenoxy) is 1. The average molecular weight is 475 g/mol. The highest BCUT2D eigenvalue weighted by atomic mass is 16.6. The van der Waals surface area contributed by atoms with Gasteiger partial charge in [-0.2, -0.15) is 0 Å². The molecule has 0 unspecified atom stereocenters. The van der Waals surface area contributed by atoms with Crippen LogP contribution in [-0.4, -0.2) is 37.6 Å². The van der Waals surface area contributed by atoms with Crippen LogP contribution in [0.15, 0.2) is 40.8 Å². The minimum absolute atomic E-state index is 0.0512. The first-order valence-corrected chi connectivity index (χ1v) is 11.0. The van der Waals surface area contributed by atoms with Gasteiger partial charge in [-0.25, -0.2) is 14.6 Å². The van der Waals surface area contributed by atoms with E-state index in [1.807, 2.05) is 6.07 Å². The lowest BCUT2D eigenvalue weighted by molar-refractivity contribution is -0.172. The molecule has 2 aliphatic rings. The Morgan fingerprint density at radius 3 is 2.74 bits per heavy atom. The Balaban J connectivity index is 1.69. The molecule has 0 aliphatic carbocycles. The highest BCUT2D eigenvalue weighted by molar-refractivity contribution is 6.00. The van der Waals surface area contributed by atoms with Crippen LogP contribution in [-0.2, 0) is 37.9 Å².